The summed E-state index contributed by atoms with van der Waals surface area (Å²) in [4.78, 5) is 3.73. The Morgan fingerprint density at radius 3 is 2.76 bits per heavy atom. The van der Waals surface area contributed by atoms with Crippen LogP contribution in [0.3, 0.4) is 0 Å². The molecule has 0 spiro atoms. The molecule has 3 rings (SSSR count). The zero-order valence-electron chi connectivity index (χ0n) is 10.8. The van der Waals surface area contributed by atoms with Crippen molar-refractivity contribution in [2.75, 3.05) is 0 Å². The van der Waals surface area contributed by atoms with Crippen LogP contribution in [0.15, 0.2) is 48.0 Å². The number of imidazole rings is 1. The monoisotopic (exact) mass is 327 g/mol. The van der Waals surface area contributed by atoms with Gasteiger partial charge in [-0.2, -0.15) is 0 Å². The van der Waals surface area contributed by atoms with Crippen LogP contribution in [0.5, 0.6) is 0 Å². The second-order valence-electron chi connectivity index (χ2n) is 4.56. The summed E-state index contributed by atoms with van der Waals surface area (Å²) in [5.41, 5.74) is 0.495. The van der Waals surface area contributed by atoms with Crippen LogP contribution >= 0.6 is 10.7 Å². The van der Waals surface area contributed by atoms with E-state index in [1.807, 2.05) is 4.57 Å². The van der Waals surface area contributed by atoms with Gasteiger partial charge >= 0.3 is 0 Å². The largest absolute Gasteiger partial charge is 0.344 e. The maximum absolute atomic E-state index is 14.0. The number of hydrogen-bond donors (Lipinski definition) is 0. The van der Waals surface area contributed by atoms with Crippen LogP contribution in [0.1, 0.15) is 0 Å². The van der Waals surface area contributed by atoms with Crippen molar-refractivity contribution in [3.8, 4) is 0 Å². The Labute approximate surface area is 125 Å². The lowest BCUT2D eigenvalue weighted by molar-refractivity contribution is 0.587. The molecule has 2 heterocycles. The summed E-state index contributed by atoms with van der Waals surface area (Å²) in [6.45, 7) is 1.06. The van der Waals surface area contributed by atoms with E-state index in [9.17, 15) is 12.8 Å². The van der Waals surface area contributed by atoms with Crippen molar-refractivity contribution in [2.24, 2.45) is 0 Å². The lowest BCUT2D eigenvalue weighted by Crippen LogP contribution is -2.04. The Kier molecular flexibility index (Phi) is 3.46. The number of benzene rings is 1. The molecule has 0 radical (unpaired) electrons. The Bertz CT molecular complexity index is 888. The molecule has 0 saturated carbocycles. The second-order valence-corrected chi connectivity index (χ2v) is 7.09. The maximum atomic E-state index is 14.0. The average molecular weight is 328 g/mol. The fourth-order valence-electron chi connectivity index (χ4n) is 2.28. The Hall–Kier alpha value is -1.86. The summed E-state index contributed by atoms with van der Waals surface area (Å²) in [6, 6.07) is 4.42. The molecule has 0 aliphatic rings. The van der Waals surface area contributed by atoms with Crippen LogP contribution < -0.4 is 0 Å². The molecule has 8 heteroatoms. The first-order valence-electron chi connectivity index (χ1n) is 6.14. The number of fused-ring (bicyclic) bond motifs is 1. The minimum absolute atomic E-state index is 0.0260. The number of halogens is 2. The minimum Gasteiger partial charge on any atom is -0.344 e. The number of aryl methyl sites for hydroxylation is 2. The van der Waals surface area contributed by atoms with E-state index in [1.165, 1.54) is 18.3 Å². The molecule has 2 aromatic heterocycles. The van der Waals surface area contributed by atoms with Crippen molar-refractivity contribution in [3.63, 3.8) is 0 Å². The van der Waals surface area contributed by atoms with Crippen LogP contribution in [-0.4, -0.2) is 22.5 Å². The van der Waals surface area contributed by atoms with Crippen LogP contribution in [0, 0.1) is 5.82 Å². The molecule has 0 unspecified atom stereocenters. The van der Waals surface area contributed by atoms with Gasteiger partial charge in [-0.1, -0.05) is 6.07 Å². The van der Waals surface area contributed by atoms with E-state index in [0.29, 0.717) is 18.6 Å². The first-order chi connectivity index (χ1) is 9.97. The van der Waals surface area contributed by atoms with Gasteiger partial charge < -0.3 is 9.13 Å². The third-order valence-corrected chi connectivity index (χ3v) is 4.58. The molecule has 0 amide bonds. The quantitative estimate of drug-likeness (QED) is 0.692. The molecular weight excluding hydrogens is 317 g/mol. The van der Waals surface area contributed by atoms with Crippen molar-refractivity contribution in [3.05, 3.63) is 48.9 Å². The third-order valence-electron chi connectivity index (χ3n) is 3.24. The van der Waals surface area contributed by atoms with Crippen molar-refractivity contribution >= 4 is 30.6 Å². The van der Waals surface area contributed by atoms with Gasteiger partial charge in [0.25, 0.3) is 9.05 Å². The standard InChI is InChI=1S/C13H11ClFN3O2S/c14-21(19,20)12-8-18(7-6-17-5-4-16-9-17)11-3-1-2-10(15)13(11)12/h1-5,8-9H,6-7H2. The highest BCUT2D eigenvalue weighted by Crippen LogP contribution is 2.30. The Balaban J connectivity index is 2.09. The predicted octanol–water partition coefficient (Wildman–Crippen LogP) is 2.60. The molecule has 3 aromatic rings. The van der Waals surface area contributed by atoms with Crippen molar-refractivity contribution in [2.45, 2.75) is 18.0 Å². The number of hydrogen-bond acceptors (Lipinski definition) is 3. The molecule has 21 heavy (non-hydrogen) atoms. The van der Waals surface area contributed by atoms with Gasteiger partial charge in [0.05, 0.1) is 17.2 Å². The van der Waals surface area contributed by atoms with Gasteiger partial charge in [-0.25, -0.2) is 17.8 Å². The van der Waals surface area contributed by atoms with Crippen molar-refractivity contribution in [1.82, 2.24) is 14.1 Å². The predicted molar refractivity (Wildman–Crippen MR) is 77.2 cm³/mol. The molecule has 0 aliphatic carbocycles. The van der Waals surface area contributed by atoms with Crippen molar-refractivity contribution < 1.29 is 12.8 Å². The van der Waals surface area contributed by atoms with Gasteiger partial charge in [-0.05, 0) is 12.1 Å². The van der Waals surface area contributed by atoms with Gasteiger partial charge in [0.1, 0.15) is 10.7 Å². The highest BCUT2D eigenvalue weighted by Gasteiger charge is 2.21. The van der Waals surface area contributed by atoms with Crippen LogP contribution in [-0.2, 0) is 22.1 Å². The zero-order chi connectivity index (χ0) is 15.0. The lowest BCUT2D eigenvalue weighted by atomic mass is 10.2. The van der Waals surface area contributed by atoms with E-state index in [-0.39, 0.29) is 10.3 Å². The third kappa shape index (κ3) is 2.66. The zero-order valence-corrected chi connectivity index (χ0v) is 12.4. The molecule has 0 fully saturated rings. The van der Waals surface area contributed by atoms with Gasteiger partial charge in [0, 0.05) is 42.4 Å². The van der Waals surface area contributed by atoms with E-state index in [0.717, 1.165) is 0 Å². The molecule has 0 bridgehead atoms. The first kappa shape index (κ1) is 14.1. The highest BCUT2D eigenvalue weighted by molar-refractivity contribution is 8.14. The van der Waals surface area contributed by atoms with Crippen LogP contribution in [0.2, 0.25) is 0 Å². The fraction of sp³-hybridized carbons (Fsp3) is 0.154. The van der Waals surface area contributed by atoms with Gasteiger partial charge in [-0.3, -0.25) is 0 Å². The van der Waals surface area contributed by atoms with Crippen LogP contribution in [0.4, 0.5) is 4.39 Å². The topological polar surface area (TPSA) is 56.9 Å². The number of rotatable bonds is 4. The molecule has 0 aliphatic heterocycles. The van der Waals surface area contributed by atoms with E-state index in [1.54, 1.807) is 29.4 Å². The molecule has 5 nitrogen and oxygen atoms in total. The van der Waals surface area contributed by atoms with Gasteiger partial charge in [0.2, 0.25) is 0 Å². The Morgan fingerprint density at radius 1 is 1.29 bits per heavy atom. The fourth-order valence-corrected chi connectivity index (χ4v) is 3.33. The summed E-state index contributed by atoms with van der Waals surface area (Å²) in [5.74, 6) is -0.604. The van der Waals surface area contributed by atoms with Gasteiger partial charge in [0.15, 0.2) is 0 Å². The van der Waals surface area contributed by atoms with E-state index < -0.39 is 14.9 Å². The SMILES string of the molecule is O=S(=O)(Cl)c1cn(CCn2ccnc2)c2cccc(F)c12. The molecule has 0 saturated heterocycles. The number of nitrogens with zero attached hydrogens (tertiary/aromatic N) is 3. The highest BCUT2D eigenvalue weighted by atomic mass is 35.7. The van der Waals surface area contributed by atoms with E-state index >= 15 is 0 Å². The summed E-state index contributed by atoms with van der Waals surface area (Å²) in [5, 5.41) is 0.0260. The maximum Gasteiger partial charge on any atom is 0.263 e. The molecule has 1 aromatic carbocycles. The summed E-state index contributed by atoms with van der Waals surface area (Å²) in [7, 11) is 1.39. The first-order valence-corrected chi connectivity index (χ1v) is 8.45. The van der Waals surface area contributed by atoms with Gasteiger partial charge in [-0.15, -0.1) is 0 Å². The van der Waals surface area contributed by atoms with Crippen LogP contribution in [0.25, 0.3) is 10.9 Å². The Morgan fingerprint density at radius 2 is 2.10 bits per heavy atom. The molecule has 0 atom stereocenters. The normalized spacial score (nSPS) is 12.1. The summed E-state index contributed by atoms with van der Waals surface area (Å²) >= 11 is 0. The minimum atomic E-state index is -4.01. The second kappa shape index (κ2) is 5.16. The number of aromatic nitrogens is 3. The molecule has 0 N–H and O–H groups in total. The van der Waals surface area contributed by atoms with E-state index in [4.69, 9.17) is 10.7 Å². The molecular formula is C13H11ClFN3O2S. The smallest absolute Gasteiger partial charge is 0.263 e. The molecule has 110 valence electrons. The lowest BCUT2D eigenvalue weighted by Gasteiger charge is -2.05. The van der Waals surface area contributed by atoms with Crippen molar-refractivity contribution in [1.29, 1.82) is 0 Å². The summed E-state index contributed by atoms with van der Waals surface area (Å²) in [6.07, 6.45) is 6.48. The average Bonchev–Trinajstić information content (AvgIpc) is 3.03. The summed E-state index contributed by atoms with van der Waals surface area (Å²) < 4.78 is 40.7. The van der Waals surface area contributed by atoms with E-state index in [2.05, 4.69) is 4.98 Å².